The molecular weight excluding hydrogens is 426 g/mol. The Morgan fingerprint density at radius 1 is 1.03 bits per heavy atom. The van der Waals surface area contributed by atoms with Crippen LogP contribution in [0.25, 0.3) is 22.8 Å². The van der Waals surface area contributed by atoms with Gasteiger partial charge in [-0.15, -0.1) is 0 Å². The third kappa shape index (κ3) is 4.38. The largest absolute Gasteiger partial charge is 0.441 e. The van der Waals surface area contributed by atoms with Crippen LogP contribution in [0.15, 0.2) is 57.7 Å². The molecule has 164 valence electrons. The Morgan fingerprint density at radius 2 is 1.78 bits per heavy atom. The van der Waals surface area contributed by atoms with Gasteiger partial charge in [-0.05, 0) is 45.0 Å². The lowest BCUT2D eigenvalue weighted by atomic mass is 10.1. The molecule has 0 bridgehead atoms. The van der Waals surface area contributed by atoms with Crippen LogP contribution in [-0.4, -0.2) is 26.2 Å². The number of aromatic nitrogens is 3. The van der Waals surface area contributed by atoms with Crippen LogP contribution in [0, 0.1) is 20.8 Å². The van der Waals surface area contributed by atoms with Gasteiger partial charge in [-0.25, -0.2) is 9.97 Å². The van der Waals surface area contributed by atoms with Gasteiger partial charge in [0.1, 0.15) is 17.3 Å². The molecule has 6 nitrogen and oxygen atoms in total. The fourth-order valence-electron chi connectivity index (χ4n) is 3.64. The quantitative estimate of drug-likeness (QED) is 0.460. The van der Waals surface area contributed by atoms with Gasteiger partial charge in [-0.3, -0.25) is 9.36 Å². The molecule has 0 saturated carbocycles. The predicted molar refractivity (Wildman–Crippen MR) is 125 cm³/mol. The molecule has 0 unspecified atom stereocenters. The van der Waals surface area contributed by atoms with E-state index in [2.05, 4.69) is 4.98 Å². The monoisotopic (exact) mass is 449 g/mol. The summed E-state index contributed by atoms with van der Waals surface area (Å²) in [5, 5.41) is 10.00. The highest BCUT2D eigenvalue weighted by atomic mass is 35.5. The zero-order chi connectivity index (χ0) is 22.8. The number of oxazole rings is 1. The van der Waals surface area contributed by atoms with Crippen LogP contribution in [0.4, 0.5) is 0 Å². The molecule has 32 heavy (non-hydrogen) atoms. The fraction of sp³-hybridized carbons (Fsp3) is 0.240. The number of halogens is 1. The van der Waals surface area contributed by atoms with Crippen LogP contribution in [0.3, 0.4) is 0 Å². The van der Waals surface area contributed by atoms with E-state index in [4.69, 9.17) is 21.0 Å². The minimum Gasteiger partial charge on any atom is -0.441 e. The lowest BCUT2D eigenvalue weighted by Crippen LogP contribution is -2.29. The maximum absolute atomic E-state index is 13.4. The van der Waals surface area contributed by atoms with Gasteiger partial charge in [-0.2, -0.15) is 0 Å². The molecule has 0 aliphatic heterocycles. The van der Waals surface area contributed by atoms with Crippen molar-refractivity contribution in [3.63, 3.8) is 0 Å². The molecule has 2 aromatic heterocycles. The van der Waals surface area contributed by atoms with Crippen LogP contribution >= 0.6 is 11.6 Å². The van der Waals surface area contributed by atoms with Crippen molar-refractivity contribution in [3.8, 4) is 22.8 Å². The maximum atomic E-state index is 13.4. The van der Waals surface area contributed by atoms with Crippen LogP contribution in [0.1, 0.15) is 28.3 Å². The van der Waals surface area contributed by atoms with E-state index in [1.807, 2.05) is 50.2 Å². The molecule has 0 amide bonds. The normalized spacial score (nSPS) is 11.2. The zero-order valence-corrected chi connectivity index (χ0v) is 19.0. The number of rotatable bonds is 6. The van der Waals surface area contributed by atoms with Crippen LogP contribution in [-0.2, 0) is 13.0 Å². The smallest absolute Gasteiger partial charge is 0.257 e. The molecule has 2 aromatic carbocycles. The fourth-order valence-corrected chi connectivity index (χ4v) is 3.83. The number of aliphatic hydroxyl groups excluding tert-OH is 1. The van der Waals surface area contributed by atoms with Gasteiger partial charge >= 0.3 is 0 Å². The standard InChI is InChI=1S/C25H24ClN3O3/c1-15-7-9-18(10-8-15)24-28-22(17(3)32-24)14-29-23(19-5-4-6-20(26)13-19)27-16(2)21(11-12-30)25(29)31/h4-10,13,30H,11-12,14H2,1-3H3. The van der Waals surface area contributed by atoms with Crippen molar-refractivity contribution in [3.05, 3.63) is 92.2 Å². The van der Waals surface area contributed by atoms with E-state index in [1.165, 1.54) is 0 Å². The number of nitrogens with zero attached hydrogens (tertiary/aromatic N) is 3. The molecule has 1 N–H and O–H groups in total. The lowest BCUT2D eigenvalue weighted by Gasteiger charge is -2.15. The Bertz CT molecular complexity index is 1320. The van der Waals surface area contributed by atoms with E-state index in [-0.39, 0.29) is 25.1 Å². The summed E-state index contributed by atoms with van der Waals surface area (Å²) in [4.78, 5) is 22.8. The highest BCUT2D eigenvalue weighted by Gasteiger charge is 2.19. The second kappa shape index (κ2) is 9.10. The zero-order valence-electron chi connectivity index (χ0n) is 18.2. The first kappa shape index (κ1) is 22.0. The Balaban J connectivity index is 1.83. The molecule has 0 aliphatic carbocycles. The van der Waals surface area contributed by atoms with E-state index < -0.39 is 0 Å². The number of aryl methyl sites for hydroxylation is 3. The molecule has 0 spiro atoms. The average molecular weight is 450 g/mol. The van der Waals surface area contributed by atoms with Gasteiger partial charge in [-0.1, -0.05) is 41.4 Å². The maximum Gasteiger partial charge on any atom is 0.257 e. The first-order chi connectivity index (χ1) is 15.4. The van der Waals surface area contributed by atoms with Gasteiger partial charge in [0.15, 0.2) is 0 Å². The Kier molecular flexibility index (Phi) is 6.26. The Morgan fingerprint density at radius 3 is 2.47 bits per heavy atom. The average Bonchev–Trinajstić information content (AvgIpc) is 3.13. The van der Waals surface area contributed by atoms with E-state index in [0.717, 1.165) is 16.7 Å². The van der Waals surface area contributed by atoms with E-state index in [0.29, 0.717) is 39.4 Å². The van der Waals surface area contributed by atoms with Gasteiger partial charge in [0.2, 0.25) is 5.89 Å². The van der Waals surface area contributed by atoms with Crippen molar-refractivity contribution in [1.82, 2.24) is 14.5 Å². The lowest BCUT2D eigenvalue weighted by molar-refractivity contribution is 0.298. The third-order valence-electron chi connectivity index (χ3n) is 5.41. The summed E-state index contributed by atoms with van der Waals surface area (Å²) in [5.41, 5.74) is 4.26. The van der Waals surface area contributed by atoms with Crippen molar-refractivity contribution in [2.75, 3.05) is 6.61 Å². The van der Waals surface area contributed by atoms with Gasteiger partial charge < -0.3 is 9.52 Å². The molecular formula is C25H24ClN3O3. The van der Waals surface area contributed by atoms with Crippen LogP contribution < -0.4 is 5.56 Å². The molecule has 0 fully saturated rings. The summed E-state index contributed by atoms with van der Waals surface area (Å²) in [6.07, 6.45) is 0.236. The van der Waals surface area contributed by atoms with Crippen molar-refractivity contribution in [2.24, 2.45) is 0 Å². The molecule has 0 atom stereocenters. The molecule has 7 heteroatoms. The van der Waals surface area contributed by atoms with Crippen LogP contribution in [0.5, 0.6) is 0 Å². The summed E-state index contributed by atoms with van der Waals surface area (Å²) < 4.78 is 7.49. The Hall–Kier alpha value is -3.22. The second-order valence-electron chi connectivity index (χ2n) is 7.76. The SMILES string of the molecule is Cc1ccc(-c2nc(Cn3c(-c4cccc(Cl)c4)nc(C)c(CCO)c3=O)c(C)o2)cc1. The summed E-state index contributed by atoms with van der Waals surface area (Å²) in [6, 6.07) is 15.2. The van der Waals surface area contributed by atoms with Gasteiger partial charge in [0.25, 0.3) is 5.56 Å². The first-order valence-corrected chi connectivity index (χ1v) is 10.8. The first-order valence-electron chi connectivity index (χ1n) is 10.4. The van der Waals surface area contributed by atoms with Crippen LogP contribution in [0.2, 0.25) is 5.02 Å². The summed E-state index contributed by atoms with van der Waals surface area (Å²) in [6.45, 7) is 5.69. The molecule has 0 aliphatic rings. The Labute approximate surface area is 191 Å². The van der Waals surface area contributed by atoms with E-state index >= 15 is 0 Å². The summed E-state index contributed by atoms with van der Waals surface area (Å²) in [5.74, 6) is 1.63. The van der Waals surface area contributed by atoms with E-state index in [9.17, 15) is 9.90 Å². The minimum atomic E-state index is -0.208. The third-order valence-corrected chi connectivity index (χ3v) is 5.65. The highest BCUT2D eigenvalue weighted by Crippen LogP contribution is 2.25. The molecule has 4 aromatic rings. The number of benzene rings is 2. The second-order valence-corrected chi connectivity index (χ2v) is 8.20. The minimum absolute atomic E-state index is 0.130. The van der Waals surface area contributed by atoms with Crippen molar-refractivity contribution < 1.29 is 9.52 Å². The number of hydrogen-bond acceptors (Lipinski definition) is 5. The molecule has 2 heterocycles. The number of hydrogen-bond donors (Lipinski definition) is 1. The van der Waals surface area contributed by atoms with Crippen molar-refractivity contribution >= 4 is 11.6 Å². The summed E-state index contributed by atoms with van der Waals surface area (Å²) >= 11 is 6.20. The molecule has 0 saturated heterocycles. The van der Waals surface area contributed by atoms with Crippen molar-refractivity contribution in [1.29, 1.82) is 0 Å². The van der Waals surface area contributed by atoms with Gasteiger partial charge in [0.05, 0.1) is 6.54 Å². The summed E-state index contributed by atoms with van der Waals surface area (Å²) in [7, 11) is 0. The predicted octanol–water partition coefficient (Wildman–Crippen LogP) is 4.73. The molecule has 4 rings (SSSR count). The number of aliphatic hydroxyl groups is 1. The van der Waals surface area contributed by atoms with E-state index in [1.54, 1.807) is 23.6 Å². The van der Waals surface area contributed by atoms with Gasteiger partial charge in [0, 0.05) is 40.4 Å². The van der Waals surface area contributed by atoms with Crippen molar-refractivity contribution in [2.45, 2.75) is 33.7 Å². The highest BCUT2D eigenvalue weighted by molar-refractivity contribution is 6.30. The topological polar surface area (TPSA) is 81.1 Å². The molecule has 0 radical (unpaired) electrons.